The van der Waals surface area contributed by atoms with Crippen molar-refractivity contribution in [3.05, 3.63) is 12.2 Å². The molecule has 0 radical (unpaired) electrons. The molecule has 0 aliphatic heterocycles. The van der Waals surface area contributed by atoms with E-state index in [2.05, 4.69) is 6.92 Å². The lowest BCUT2D eigenvalue weighted by atomic mass is 10.1. The van der Waals surface area contributed by atoms with Crippen molar-refractivity contribution < 1.29 is 20.1 Å². The predicted octanol–water partition coefficient (Wildman–Crippen LogP) is 4.05. The average molecular weight is 314 g/mol. The second-order valence-electron chi connectivity index (χ2n) is 6.07. The monoisotopic (exact) mass is 314 g/mol. The first-order valence-corrected chi connectivity index (χ1v) is 8.82. The fourth-order valence-electron chi connectivity index (χ4n) is 2.39. The fourth-order valence-corrected chi connectivity index (χ4v) is 2.39. The highest BCUT2D eigenvalue weighted by atomic mass is 16.4. The summed E-state index contributed by atoms with van der Waals surface area (Å²) in [6.07, 6.45) is 13.4. The van der Waals surface area contributed by atoms with Gasteiger partial charge in [-0.05, 0) is 19.3 Å². The molecule has 4 nitrogen and oxygen atoms in total. The Kier molecular flexibility index (Phi) is 14.4. The summed E-state index contributed by atoms with van der Waals surface area (Å²) in [5.41, 5.74) is 0. The highest BCUT2D eigenvalue weighted by molar-refractivity contribution is 5.66. The number of carbonyl (C=O) groups is 1. The quantitative estimate of drug-likeness (QED) is 0.315. The van der Waals surface area contributed by atoms with Crippen molar-refractivity contribution in [1.29, 1.82) is 0 Å². The van der Waals surface area contributed by atoms with Crippen LogP contribution in [0, 0.1) is 0 Å². The molecule has 0 saturated carbocycles. The first-order chi connectivity index (χ1) is 10.6. The third-order valence-electron chi connectivity index (χ3n) is 3.80. The van der Waals surface area contributed by atoms with E-state index in [0.717, 1.165) is 38.5 Å². The molecule has 0 aliphatic rings. The molecule has 0 unspecified atom stereocenters. The molecule has 0 bridgehead atoms. The fraction of sp³-hybridized carbons (Fsp3) is 0.833. The first-order valence-electron chi connectivity index (χ1n) is 8.82. The molecule has 0 aromatic carbocycles. The van der Waals surface area contributed by atoms with Gasteiger partial charge in [0.25, 0.3) is 0 Å². The second-order valence-corrected chi connectivity index (χ2v) is 6.07. The maximum Gasteiger partial charge on any atom is 0.303 e. The first kappa shape index (κ1) is 21.1. The predicted molar refractivity (Wildman–Crippen MR) is 89.9 cm³/mol. The zero-order chi connectivity index (χ0) is 16.6. The SMILES string of the molecule is CCCCCCC[C@@H](O)/C=C\[C@H](O)CCCCCCC(=O)O. The van der Waals surface area contributed by atoms with Crippen LogP contribution in [0.5, 0.6) is 0 Å². The highest BCUT2D eigenvalue weighted by Gasteiger charge is 2.03. The van der Waals surface area contributed by atoms with Gasteiger partial charge in [0.1, 0.15) is 0 Å². The maximum atomic E-state index is 10.3. The van der Waals surface area contributed by atoms with Crippen LogP contribution in [0.4, 0.5) is 0 Å². The highest BCUT2D eigenvalue weighted by Crippen LogP contribution is 2.10. The van der Waals surface area contributed by atoms with Gasteiger partial charge in [0.05, 0.1) is 12.2 Å². The number of aliphatic hydroxyl groups is 2. The Labute approximate surface area is 135 Å². The van der Waals surface area contributed by atoms with Crippen LogP contribution in [0.25, 0.3) is 0 Å². The molecule has 0 fully saturated rings. The molecule has 0 aromatic heterocycles. The topological polar surface area (TPSA) is 77.8 Å². The number of rotatable bonds is 15. The number of carboxylic acids is 1. The van der Waals surface area contributed by atoms with Crippen LogP contribution in [-0.2, 0) is 4.79 Å². The van der Waals surface area contributed by atoms with Crippen LogP contribution in [0.2, 0.25) is 0 Å². The van der Waals surface area contributed by atoms with Gasteiger partial charge in [0.15, 0.2) is 0 Å². The van der Waals surface area contributed by atoms with Crippen molar-refractivity contribution in [3.63, 3.8) is 0 Å². The molecule has 130 valence electrons. The second kappa shape index (κ2) is 15.0. The Morgan fingerprint density at radius 3 is 1.73 bits per heavy atom. The molecule has 0 rings (SSSR count). The van der Waals surface area contributed by atoms with E-state index >= 15 is 0 Å². The molecule has 0 spiro atoms. The molecule has 0 aromatic rings. The van der Waals surface area contributed by atoms with E-state index in [9.17, 15) is 15.0 Å². The van der Waals surface area contributed by atoms with E-state index < -0.39 is 18.2 Å². The van der Waals surface area contributed by atoms with Crippen molar-refractivity contribution in [2.45, 2.75) is 96.2 Å². The zero-order valence-electron chi connectivity index (χ0n) is 14.0. The standard InChI is InChI=1S/C18H34O4/c1-2-3-4-5-8-11-16(19)14-15-17(20)12-9-6-7-10-13-18(21)22/h14-17,19-20H,2-13H2,1H3,(H,21,22)/b15-14-/t16-,17-/m1/s1. The Bertz CT molecular complexity index is 289. The lowest BCUT2D eigenvalue weighted by Gasteiger charge is -2.08. The van der Waals surface area contributed by atoms with E-state index in [1.807, 2.05) is 0 Å². The summed E-state index contributed by atoms with van der Waals surface area (Å²) in [5, 5.41) is 28.1. The summed E-state index contributed by atoms with van der Waals surface area (Å²) in [7, 11) is 0. The summed E-state index contributed by atoms with van der Waals surface area (Å²) in [5.74, 6) is -0.744. The molecule has 0 saturated heterocycles. The molecule has 4 heteroatoms. The minimum atomic E-state index is -0.744. The Morgan fingerprint density at radius 2 is 1.27 bits per heavy atom. The molecule has 0 amide bonds. The van der Waals surface area contributed by atoms with Crippen molar-refractivity contribution in [3.8, 4) is 0 Å². The van der Waals surface area contributed by atoms with Gasteiger partial charge in [-0.2, -0.15) is 0 Å². The maximum absolute atomic E-state index is 10.3. The largest absolute Gasteiger partial charge is 0.481 e. The molecule has 3 N–H and O–H groups in total. The summed E-state index contributed by atoms with van der Waals surface area (Å²) in [6.45, 7) is 2.19. The van der Waals surface area contributed by atoms with E-state index in [4.69, 9.17) is 5.11 Å². The third kappa shape index (κ3) is 15.5. The van der Waals surface area contributed by atoms with Crippen LogP contribution in [0.3, 0.4) is 0 Å². The Hall–Kier alpha value is -0.870. The molecular weight excluding hydrogens is 280 g/mol. The molecule has 22 heavy (non-hydrogen) atoms. The number of hydrogen-bond acceptors (Lipinski definition) is 3. The average Bonchev–Trinajstić information content (AvgIpc) is 2.48. The van der Waals surface area contributed by atoms with Crippen molar-refractivity contribution in [2.24, 2.45) is 0 Å². The van der Waals surface area contributed by atoms with Crippen LogP contribution < -0.4 is 0 Å². The van der Waals surface area contributed by atoms with E-state index in [1.54, 1.807) is 12.2 Å². The van der Waals surface area contributed by atoms with Crippen LogP contribution >= 0.6 is 0 Å². The van der Waals surface area contributed by atoms with Gasteiger partial charge in [-0.1, -0.05) is 70.4 Å². The normalized spacial score (nSPS) is 14.3. The molecular formula is C18H34O4. The summed E-state index contributed by atoms with van der Waals surface area (Å²) < 4.78 is 0. The number of carboxylic acid groups (broad SMARTS) is 1. The summed E-state index contributed by atoms with van der Waals surface area (Å²) in [4.78, 5) is 10.3. The van der Waals surface area contributed by atoms with Gasteiger partial charge in [-0.3, -0.25) is 4.79 Å². The van der Waals surface area contributed by atoms with Crippen LogP contribution in [0.1, 0.15) is 84.0 Å². The van der Waals surface area contributed by atoms with E-state index in [1.165, 1.54) is 19.3 Å². The lowest BCUT2D eigenvalue weighted by molar-refractivity contribution is -0.137. The van der Waals surface area contributed by atoms with E-state index in [0.29, 0.717) is 12.8 Å². The Morgan fingerprint density at radius 1 is 0.818 bits per heavy atom. The molecule has 0 heterocycles. The van der Waals surface area contributed by atoms with Crippen molar-refractivity contribution >= 4 is 5.97 Å². The van der Waals surface area contributed by atoms with Gasteiger partial charge in [0, 0.05) is 6.42 Å². The van der Waals surface area contributed by atoms with Gasteiger partial charge < -0.3 is 15.3 Å². The number of hydrogen-bond donors (Lipinski definition) is 3. The van der Waals surface area contributed by atoms with E-state index in [-0.39, 0.29) is 6.42 Å². The van der Waals surface area contributed by atoms with Gasteiger partial charge in [-0.15, -0.1) is 0 Å². The third-order valence-corrected chi connectivity index (χ3v) is 3.80. The smallest absolute Gasteiger partial charge is 0.303 e. The summed E-state index contributed by atoms with van der Waals surface area (Å²) in [6, 6.07) is 0. The van der Waals surface area contributed by atoms with Crippen molar-refractivity contribution in [1.82, 2.24) is 0 Å². The van der Waals surface area contributed by atoms with Crippen molar-refractivity contribution in [2.75, 3.05) is 0 Å². The summed E-state index contributed by atoms with van der Waals surface area (Å²) >= 11 is 0. The van der Waals surface area contributed by atoms with Crippen LogP contribution in [0.15, 0.2) is 12.2 Å². The zero-order valence-corrected chi connectivity index (χ0v) is 14.0. The minimum Gasteiger partial charge on any atom is -0.481 e. The van der Waals surface area contributed by atoms with Gasteiger partial charge in [0.2, 0.25) is 0 Å². The number of aliphatic carboxylic acids is 1. The van der Waals surface area contributed by atoms with Crippen LogP contribution in [-0.4, -0.2) is 33.5 Å². The van der Waals surface area contributed by atoms with Gasteiger partial charge in [-0.25, -0.2) is 0 Å². The lowest BCUT2D eigenvalue weighted by Crippen LogP contribution is -2.06. The number of aliphatic hydroxyl groups excluding tert-OH is 2. The Balaban J connectivity index is 3.51. The number of unbranched alkanes of at least 4 members (excludes halogenated alkanes) is 7. The van der Waals surface area contributed by atoms with Gasteiger partial charge >= 0.3 is 5.97 Å². The molecule has 2 atom stereocenters. The molecule has 0 aliphatic carbocycles. The minimum absolute atomic E-state index is 0.229.